The minimum Gasteiger partial charge on any atom is -0.0610 e. The molecular weight excluding hydrogens is 168 g/mol. The van der Waals surface area contributed by atoms with Crippen LogP contribution in [0.4, 0.5) is 0 Å². The van der Waals surface area contributed by atoms with E-state index in [0.29, 0.717) is 0 Å². The van der Waals surface area contributed by atoms with Crippen molar-refractivity contribution in [1.29, 1.82) is 0 Å². The van der Waals surface area contributed by atoms with Crippen LogP contribution in [0.15, 0.2) is 42.5 Å². The van der Waals surface area contributed by atoms with E-state index in [1.54, 1.807) is 0 Å². The minimum atomic E-state index is 1.20. The lowest BCUT2D eigenvalue weighted by atomic mass is 10.00. The van der Waals surface area contributed by atoms with E-state index >= 15 is 0 Å². The van der Waals surface area contributed by atoms with E-state index in [-0.39, 0.29) is 0 Å². The van der Waals surface area contributed by atoms with Gasteiger partial charge in [0.05, 0.1) is 0 Å². The molecule has 0 aliphatic carbocycles. The summed E-state index contributed by atoms with van der Waals surface area (Å²) in [5.74, 6) is 0. The zero-order valence-corrected chi connectivity index (χ0v) is 8.54. The van der Waals surface area contributed by atoms with E-state index in [1.807, 2.05) is 12.1 Å². The Bertz CT molecular complexity index is 424. The number of aryl methyl sites for hydroxylation is 2. The highest BCUT2D eigenvalue weighted by Crippen LogP contribution is 2.22. The fourth-order valence-electron chi connectivity index (χ4n) is 1.57. The van der Waals surface area contributed by atoms with Gasteiger partial charge in [-0.2, -0.15) is 0 Å². The first-order valence-corrected chi connectivity index (χ1v) is 4.82. The predicted octanol–water partition coefficient (Wildman–Crippen LogP) is 3.77. The maximum absolute atomic E-state index is 3.21. The molecule has 0 saturated heterocycles. The standard InChI is InChI=1S/C14H13/c1-11-7-9-13(10-8-11)14-6-4-3-5-12(14)2/h3-4,6-10H,1-2H3. The summed E-state index contributed by atoms with van der Waals surface area (Å²) >= 11 is 0. The van der Waals surface area contributed by atoms with Crippen molar-refractivity contribution in [3.8, 4) is 11.1 Å². The molecule has 0 atom stereocenters. The lowest BCUT2D eigenvalue weighted by molar-refractivity contribution is 1.42. The van der Waals surface area contributed by atoms with Crippen molar-refractivity contribution in [3.63, 3.8) is 0 Å². The van der Waals surface area contributed by atoms with Gasteiger partial charge < -0.3 is 0 Å². The van der Waals surface area contributed by atoms with Crippen LogP contribution in [-0.2, 0) is 0 Å². The highest BCUT2D eigenvalue weighted by atomic mass is 14.0. The molecule has 2 aromatic rings. The van der Waals surface area contributed by atoms with Gasteiger partial charge in [-0.25, -0.2) is 0 Å². The molecule has 0 nitrogen and oxygen atoms in total. The van der Waals surface area contributed by atoms with Gasteiger partial charge in [0.2, 0.25) is 0 Å². The summed E-state index contributed by atoms with van der Waals surface area (Å²) in [6, 6.07) is 17.9. The second kappa shape index (κ2) is 3.67. The first-order chi connectivity index (χ1) is 6.77. The summed E-state index contributed by atoms with van der Waals surface area (Å²) in [6.07, 6.45) is 0. The quantitative estimate of drug-likeness (QED) is 0.628. The molecule has 1 radical (unpaired) electrons. The molecule has 0 spiro atoms. The Morgan fingerprint density at radius 2 is 1.64 bits per heavy atom. The van der Waals surface area contributed by atoms with E-state index in [2.05, 4.69) is 50.2 Å². The lowest BCUT2D eigenvalue weighted by Crippen LogP contribution is -1.82. The first-order valence-electron chi connectivity index (χ1n) is 4.82. The van der Waals surface area contributed by atoms with Crippen LogP contribution in [-0.4, -0.2) is 0 Å². The van der Waals surface area contributed by atoms with Crippen molar-refractivity contribution in [3.05, 3.63) is 59.7 Å². The van der Waals surface area contributed by atoms with Crippen LogP contribution in [0.2, 0.25) is 0 Å². The van der Waals surface area contributed by atoms with E-state index < -0.39 is 0 Å². The van der Waals surface area contributed by atoms with Crippen molar-refractivity contribution < 1.29 is 0 Å². The van der Waals surface area contributed by atoms with Gasteiger partial charge in [-0.15, -0.1) is 0 Å². The monoisotopic (exact) mass is 181 g/mol. The minimum absolute atomic E-state index is 1.20. The molecule has 0 heterocycles. The lowest BCUT2D eigenvalue weighted by Gasteiger charge is -2.05. The third-order valence-corrected chi connectivity index (χ3v) is 2.43. The number of hydrogen-bond donors (Lipinski definition) is 0. The second-order valence-electron chi connectivity index (χ2n) is 3.57. The Morgan fingerprint density at radius 1 is 0.929 bits per heavy atom. The summed E-state index contributed by atoms with van der Waals surface area (Å²) in [6.45, 7) is 4.20. The van der Waals surface area contributed by atoms with Crippen LogP contribution >= 0.6 is 0 Å². The predicted molar refractivity (Wildman–Crippen MR) is 60.2 cm³/mol. The van der Waals surface area contributed by atoms with Gasteiger partial charge >= 0.3 is 0 Å². The Labute approximate surface area is 85.2 Å². The Hall–Kier alpha value is -1.56. The molecule has 14 heavy (non-hydrogen) atoms. The summed E-state index contributed by atoms with van der Waals surface area (Å²) in [5.41, 5.74) is 5.04. The summed E-state index contributed by atoms with van der Waals surface area (Å²) in [5, 5.41) is 0. The van der Waals surface area contributed by atoms with Gasteiger partial charge in [0.1, 0.15) is 0 Å². The number of rotatable bonds is 1. The van der Waals surface area contributed by atoms with Crippen LogP contribution in [0.5, 0.6) is 0 Å². The van der Waals surface area contributed by atoms with Crippen molar-refractivity contribution in [1.82, 2.24) is 0 Å². The third kappa shape index (κ3) is 1.69. The van der Waals surface area contributed by atoms with Gasteiger partial charge in [0.25, 0.3) is 0 Å². The van der Waals surface area contributed by atoms with Crippen LogP contribution in [0.25, 0.3) is 11.1 Å². The van der Waals surface area contributed by atoms with Crippen molar-refractivity contribution in [2.45, 2.75) is 13.8 Å². The van der Waals surface area contributed by atoms with Gasteiger partial charge in [0, 0.05) is 0 Å². The summed E-state index contributed by atoms with van der Waals surface area (Å²) in [7, 11) is 0. The molecular formula is C14H13. The molecule has 0 unspecified atom stereocenters. The van der Waals surface area contributed by atoms with Crippen molar-refractivity contribution in [2.75, 3.05) is 0 Å². The van der Waals surface area contributed by atoms with Crippen LogP contribution < -0.4 is 0 Å². The van der Waals surface area contributed by atoms with Gasteiger partial charge in [-0.3, -0.25) is 0 Å². The third-order valence-electron chi connectivity index (χ3n) is 2.43. The fourth-order valence-corrected chi connectivity index (χ4v) is 1.57. The second-order valence-corrected chi connectivity index (χ2v) is 3.57. The smallest absolute Gasteiger partial charge is 0.0146 e. The van der Waals surface area contributed by atoms with E-state index in [9.17, 15) is 0 Å². The molecule has 0 aliphatic heterocycles. The Morgan fingerprint density at radius 3 is 2.29 bits per heavy atom. The molecule has 0 fully saturated rings. The topological polar surface area (TPSA) is 0 Å². The average Bonchev–Trinajstić information content (AvgIpc) is 2.20. The summed E-state index contributed by atoms with van der Waals surface area (Å²) < 4.78 is 0. The zero-order valence-electron chi connectivity index (χ0n) is 8.54. The highest BCUT2D eigenvalue weighted by Gasteiger charge is 1.99. The SMILES string of the molecule is Cc1ccc(-c2ccc[c]c2C)cc1. The first kappa shape index (κ1) is 9.01. The highest BCUT2D eigenvalue weighted by molar-refractivity contribution is 5.66. The molecule has 2 rings (SSSR count). The number of benzene rings is 2. The molecule has 69 valence electrons. The van der Waals surface area contributed by atoms with E-state index in [1.165, 1.54) is 22.3 Å². The zero-order chi connectivity index (χ0) is 9.97. The molecule has 0 aliphatic rings. The van der Waals surface area contributed by atoms with Gasteiger partial charge in [0.15, 0.2) is 0 Å². The molecule has 0 aromatic heterocycles. The van der Waals surface area contributed by atoms with Gasteiger partial charge in [-0.05, 0) is 36.6 Å². The maximum Gasteiger partial charge on any atom is -0.0146 e. The maximum atomic E-state index is 3.21. The molecule has 0 N–H and O–H groups in total. The van der Waals surface area contributed by atoms with Crippen LogP contribution in [0, 0.1) is 19.9 Å². The Kier molecular flexibility index (Phi) is 2.36. The molecule has 2 aromatic carbocycles. The largest absolute Gasteiger partial charge is 0.0610 e. The fraction of sp³-hybridized carbons (Fsp3) is 0.143. The van der Waals surface area contributed by atoms with Crippen LogP contribution in [0.3, 0.4) is 0 Å². The Balaban J connectivity index is 2.50. The van der Waals surface area contributed by atoms with Crippen molar-refractivity contribution >= 4 is 0 Å². The van der Waals surface area contributed by atoms with Crippen LogP contribution in [0.1, 0.15) is 11.1 Å². The van der Waals surface area contributed by atoms with Gasteiger partial charge in [-0.1, -0.05) is 48.0 Å². The summed E-state index contributed by atoms with van der Waals surface area (Å²) in [4.78, 5) is 0. The van der Waals surface area contributed by atoms with E-state index in [0.717, 1.165) is 0 Å². The molecule has 0 heteroatoms. The number of hydrogen-bond acceptors (Lipinski definition) is 0. The molecule has 0 saturated carbocycles. The average molecular weight is 181 g/mol. The molecule has 0 bridgehead atoms. The normalized spacial score (nSPS) is 10.1. The molecule has 0 amide bonds. The van der Waals surface area contributed by atoms with Crippen molar-refractivity contribution in [2.24, 2.45) is 0 Å². The van der Waals surface area contributed by atoms with E-state index in [4.69, 9.17) is 0 Å².